The minimum Gasteiger partial charge on any atom is -0.494 e. The van der Waals surface area contributed by atoms with Crippen LogP contribution in [-0.4, -0.2) is 52.7 Å². The van der Waals surface area contributed by atoms with Crippen molar-refractivity contribution in [2.24, 2.45) is 0 Å². The van der Waals surface area contributed by atoms with Gasteiger partial charge in [-0.05, 0) is 24.3 Å². The van der Waals surface area contributed by atoms with Crippen molar-refractivity contribution >= 4 is 29.1 Å². The Labute approximate surface area is 163 Å². The van der Waals surface area contributed by atoms with Gasteiger partial charge in [0.2, 0.25) is 0 Å². The molecule has 4 rings (SSSR count). The van der Waals surface area contributed by atoms with Gasteiger partial charge in [-0.3, -0.25) is 10.1 Å². The first-order valence-corrected chi connectivity index (χ1v) is 9.51. The Hall–Kier alpha value is -3.08. The Balaban J connectivity index is 1.49. The van der Waals surface area contributed by atoms with E-state index in [9.17, 15) is 9.18 Å². The minimum atomic E-state index is -0.787. The smallest absolute Gasteiger partial charge is 0.322 e. The summed E-state index contributed by atoms with van der Waals surface area (Å²) in [6.07, 6.45) is 0.0935. The van der Waals surface area contributed by atoms with Crippen LogP contribution >= 0.6 is 11.3 Å². The van der Waals surface area contributed by atoms with Gasteiger partial charge in [0.1, 0.15) is 6.17 Å². The molecule has 1 aliphatic rings. The number of methoxy groups -OCH3 is 1. The second-order valence-corrected chi connectivity index (χ2v) is 7.07. The number of halogens is 1. The van der Waals surface area contributed by atoms with Crippen molar-refractivity contribution in [3.8, 4) is 16.5 Å². The molecule has 0 unspecified atom stereocenters. The Kier molecular flexibility index (Phi) is 5.15. The number of nitrogens with zero attached hydrogens (tertiary/aromatic N) is 5. The Morgan fingerprint density at radius 1 is 1.32 bits per heavy atom. The summed E-state index contributed by atoms with van der Waals surface area (Å²) in [5.41, 5.74) is -0.0116. The number of amides is 1. The molecule has 0 spiro atoms. The number of hydrogen-bond acceptors (Lipinski definition) is 9. The van der Waals surface area contributed by atoms with E-state index in [0.717, 1.165) is 4.88 Å². The van der Waals surface area contributed by atoms with Gasteiger partial charge in [0.15, 0.2) is 17.3 Å². The largest absolute Gasteiger partial charge is 0.494 e. The van der Waals surface area contributed by atoms with E-state index in [0.29, 0.717) is 37.6 Å². The van der Waals surface area contributed by atoms with E-state index in [1.165, 1.54) is 18.4 Å². The standard InChI is InChI=1S/C17H17FN6O3S/c1-26-11-9-13(24-6-4-10(18)5-7-24)20-21-14(11)15(25)19-17-23-22-16(27-17)12-3-2-8-28-12/h2-3,8-10H,4-7H2,1H3,(H,19,23,25). The Morgan fingerprint density at radius 2 is 2.14 bits per heavy atom. The van der Waals surface area contributed by atoms with Crippen molar-refractivity contribution in [1.29, 1.82) is 0 Å². The maximum absolute atomic E-state index is 13.3. The molecule has 0 aliphatic carbocycles. The van der Waals surface area contributed by atoms with E-state index >= 15 is 0 Å². The molecule has 11 heteroatoms. The van der Waals surface area contributed by atoms with Crippen LogP contribution in [0.5, 0.6) is 5.75 Å². The average molecular weight is 404 g/mol. The highest BCUT2D eigenvalue weighted by Crippen LogP contribution is 2.27. The molecular formula is C17H17FN6O3S. The predicted octanol–water partition coefficient (Wildman–Crippen LogP) is 2.79. The molecule has 3 aromatic rings. The van der Waals surface area contributed by atoms with Crippen LogP contribution < -0.4 is 15.0 Å². The van der Waals surface area contributed by atoms with E-state index in [1.54, 1.807) is 6.07 Å². The van der Waals surface area contributed by atoms with Crippen LogP contribution in [0.25, 0.3) is 10.8 Å². The van der Waals surface area contributed by atoms with E-state index in [-0.39, 0.29) is 17.5 Å². The van der Waals surface area contributed by atoms with Crippen molar-refractivity contribution < 1.29 is 18.3 Å². The van der Waals surface area contributed by atoms with Gasteiger partial charge in [0, 0.05) is 19.2 Å². The first-order valence-electron chi connectivity index (χ1n) is 8.63. The predicted molar refractivity (Wildman–Crippen MR) is 100 cm³/mol. The van der Waals surface area contributed by atoms with Gasteiger partial charge in [0.05, 0.1) is 12.0 Å². The second-order valence-electron chi connectivity index (χ2n) is 6.12. The fourth-order valence-corrected chi connectivity index (χ4v) is 3.48. The van der Waals surface area contributed by atoms with Crippen molar-refractivity contribution in [1.82, 2.24) is 20.4 Å². The summed E-state index contributed by atoms with van der Waals surface area (Å²) >= 11 is 1.45. The number of nitrogens with one attached hydrogen (secondary N) is 1. The van der Waals surface area contributed by atoms with Gasteiger partial charge >= 0.3 is 6.01 Å². The number of aromatic nitrogens is 4. The zero-order chi connectivity index (χ0) is 19.5. The minimum absolute atomic E-state index is 0.0116. The van der Waals surface area contributed by atoms with Crippen molar-refractivity contribution in [3.05, 3.63) is 29.3 Å². The first kappa shape index (κ1) is 18.3. The van der Waals surface area contributed by atoms with E-state index in [2.05, 4.69) is 25.7 Å². The van der Waals surface area contributed by atoms with Crippen molar-refractivity contribution in [2.75, 3.05) is 30.4 Å². The van der Waals surface area contributed by atoms with Crippen molar-refractivity contribution in [3.63, 3.8) is 0 Å². The van der Waals surface area contributed by atoms with Gasteiger partial charge in [-0.1, -0.05) is 11.2 Å². The monoisotopic (exact) mass is 404 g/mol. The zero-order valence-electron chi connectivity index (χ0n) is 15.0. The third-order valence-electron chi connectivity index (χ3n) is 4.31. The number of hydrogen-bond donors (Lipinski definition) is 1. The van der Waals surface area contributed by atoms with Crippen LogP contribution in [0.2, 0.25) is 0 Å². The molecule has 1 fully saturated rings. The first-order chi connectivity index (χ1) is 13.6. The van der Waals surface area contributed by atoms with Crippen LogP contribution in [0.4, 0.5) is 16.2 Å². The SMILES string of the molecule is COc1cc(N2CCC(F)CC2)nnc1C(=O)Nc1nnc(-c2cccs2)o1. The maximum atomic E-state index is 13.3. The Morgan fingerprint density at radius 3 is 2.86 bits per heavy atom. The van der Waals surface area contributed by atoms with E-state index in [1.807, 2.05) is 22.4 Å². The molecule has 1 N–H and O–H groups in total. The van der Waals surface area contributed by atoms with Gasteiger partial charge in [-0.15, -0.1) is 26.6 Å². The lowest BCUT2D eigenvalue weighted by atomic mass is 10.1. The number of piperidine rings is 1. The third-order valence-corrected chi connectivity index (χ3v) is 5.16. The summed E-state index contributed by atoms with van der Waals surface area (Å²) in [5.74, 6) is 0.524. The third kappa shape index (κ3) is 3.79. The molecule has 1 saturated heterocycles. The quantitative estimate of drug-likeness (QED) is 0.692. The molecule has 4 heterocycles. The van der Waals surface area contributed by atoms with Crippen LogP contribution in [0, 0.1) is 0 Å². The topological polar surface area (TPSA) is 106 Å². The summed E-state index contributed by atoms with van der Waals surface area (Å²) in [4.78, 5) is 15.3. The van der Waals surface area contributed by atoms with E-state index in [4.69, 9.17) is 9.15 Å². The van der Waals surface area contributed by atoms with Gasteiger partial charge in [0.25, 0.3) is 11.8 Å². The summed E-state index contributed by atoms with van der Waals surface area (Å²) < 4.78 is 24.1. The molecule has 0 saturated carbocycles. The molecule has 0 aromatic carbocycles. The normalized spacial score (nSPS) is 14.9. The number of anilines is 2. The number of ether oxygens (including phenoxy) is 1. The molecular weight excluding hydrogens is 387 g/mol. The number of carbonyl (C=O) groups excluding carboxylic acids is 1. The average Bonchev–Trinajstić information content (AvgIpc) is 3.40. The van der Waals surface area contributed by atoms with Crippen molar-refractivity contribution in [2.45, 2.75) is 19.0 Å². The molecule has 3 aromatic heterocycles. The van der Waals surface area contributed by atoms with Crippen LogP contribution in [0.1, 0.15) is 23.3 Å². The number of thiophene rings is 1. The molecule has 1 aliphatic heterocycles. The summed E-state index contributed by atoms with van der Waals surface area (Å²) in [7, 11) is 1.44. The molecule has 0 radical (unpaired) electrons. The molecule has 1 amide bonds. The van der Waals surface area contributed by atoms with Crippen LogP contribution in [-0.2, 0) is 0 Å². The fourth-order valence-electron chi connectivity index (χ4n) is 2.84. The van der Waals surface area contributed by atoms with Crippen LogP contribution in [0.15, 0.2) is 28.0 Å². The summed E-state index contributed by atoms with van der Waals surface area (Å²) in [5, 5.41) is 20.2. The fraction of sp³-hybridized carbons (Fsp3) is 0.353. The molecule has 28 heavy (non-hydrogen) atoms. The van der Waals surface area contributed by atoms with E-state index < -0.39 is 12.1 Å². The van der Waals surface area contributed by atoms with Crippen LogP contribution in [0.3, 0.4) is 0 Å². The maximum Gasteiger partial charge on any atom is 0.322 e. The number of rotatable bonds is 5. The van der Waals surface area contributed by atoms with Gasteiger partial charge in [-0.25, -0.2) is 4.39 Å². The number of carbonyl (C=O) groups is 1. The molecule has 146 valence electrons. The summed E-state index contributed by atoms with van der Waals surface area (Å²) in [6, 6.07) is 5.26. The molecule has 9 nitrogen and oxygen atoms in total. The molecule has 0 atom stereocenters. The highest BCUT2D eigenvalue weighted by Gasteiger charge is 2.23. The lowest BCUT2D eigenvalue weighted by molar-refractivity contribution is 0.101. The highest BCUT2D eigenvalue weighted by atomic mass is 32.1. The highest BCUT2D eigenvalue weighted by molar-refractivity contribution is 7.13. The summed E-state index contributed by atoms with van der Waals surface area (Å²) in [6.45, 7) is 1.08. The lowest BCUT2D eigenvalue weighted by Crippen LogP contribution is -2.35. The Bertz CT molecular complexity index is 956. The molecule has 0 bridgehead atoms. The van der Waals surface area contributed by atoms with Gasteiger partial charge < -0.3 is 14.1 Å². The number of alkyl halides is 1. The van der Waals surface area contributed by atoms with Gasteiger partial charge in [-0.2, -0.15) is 0 Å². The zero-order valence-corrected chi connectivity index (χ0v) is 15.8. The lowest BCUT2D eigenvalue weighted by Gasteiger charge is -2.29. The second kappa shape index (κ2) is 7.89.